The third-order valence-electron chi connectivity index (χ3n) is 1.85. The lowest BCUT2D eigenvalue weighted by Gasteiger charge is -1.90. The molecule has 0 saturated heterocycles. The molecule has 3 heteroatoms. The van der Waals surface area contributed by atoms with E-state index in [1.165, 1.54) is 5.56 Å². The number of aryl methyl sites for hydroxylation is 2. The maximum Gasteiger partial charge on any atom is 0.270 e. The average Bonchev–Trinajstić information content (AvgIpc) is 2.34. The third-order valence-corrected chi connectivity index (χ3v) is 1.85. The van der Waals surface area contributed by atoms with Gasteiger partial charge in [-0.15, -0.1) is 4.68 Å². The highest BCUT2D eigenvalue weighted by atomic mass is 15.3. The van der Waals surface area contributed by atoms with Crippen molar-refractivity contribution in [3.8, 4) is 0 Å². The zero-order chi connectivity index (χ0) is 7.84. The van der Waals surface area contributed by atoms with Crippen LogP contribution in [-0.4, -0.2) is 9.78 Å². The molecule has 0 unspecified atom stereocenters. The highest BCUT2D eigenvalue weighted by Gasteiger charge is 2.07. The second-order valence-corrected chi connectivity index (χ2v) is 2.68. The molecule has 0 amide bonds. The van der Waals surface area contributed by atoms with Crippen LogP contribution in [0.5, 0.6) is 0 Å². The first kappa shape index (κ1) is 6.34. The summed E-state index contributed by atoms with van der Waals surface area (Å²) in [4.78, 5) is 0. The first-order valence-corrected chi connectivity index (χ1v) is 3.57. The van der Waals surface area contributed by atoms with Gasteiger partial charge in [0, 0.05) is 10.7 Å². The topological polar surface area (TPSA) is 21.9 Å². The Hall–Kier alpha value is -1.38. The van der Waals surface area contributed by atoms with Crippen LogP contribution in [0.25, 0.3) is 5.65 Å². The summed E-state index contributed by atoms with van der Waals surface area (Å²) in [7, 11) is 1.95. The zero-order valence-corrected chi connectivity index (χ0v) is 6.65. The van der Waals surface area contributed by atoms with E-state index in [9.17, 15) is 0 Å². The molecular weight excluding hydrogens is 138 g/mol. The Morgan fingerprint density at radius 1 is 1.55 bits per heavy atom. The number of hydrogen-bond acceptors (Lipinski definition) is 1. The first-order valence-electron chi connectivity index (χ1n) is 3.57. The molecule has 2 aromatic heterocycles. The van der Waals surface area contributed by atoms with E-state index in [0.29, 0.717) is 0 Å². The number of rotatable bonds is 0. The lowest BCUT2D eigenvalue weighted by Crippen LogP contribution is -2.19. The molecule has 0 atom stereocenters. The Bertz CT molecular complexity index is 389. The Morgan fingerprint density at radius 2 is 2.36 bits per heavy atom. The summed E-state index contributed by atoms with van der Waals surface area (Å²) in [6, 6.07) is 4.10. The summed E-state index contributed by atoms with van der Waals surface area (Å²) in [5, 5.41) is 4.14. The molecule has 3 nitrogen and oxygen atoms in total. The summed E-state index contributed by atoms with van der Waals surface area (Å²) >= 11 is 0. The summed E-state index contributed by atoms with van der Waals surface area (Å²) in [5.74, 6) is 0. The van der Waals surface area contributed by atoms with Crippen molar-refractivity contribution in [2.75, 3.05) is 0 Å². The number of fused-ring (bicyclic) bond motifs is 1. The van der Waals surface area contributed by atoms with Crippen LogP contribution in [0.3, 0.4) is 0 Å². The summed E-state index contributed by atoms with van der Waals surface area (Å²) < 4.78 is 3.88. The number of aromatic nitrogens is 3. The number of hydrogen-bond donors (Lipinski definition) is 0. The molecule has 56 valence electrons. The number of nitrogens with zero attached hydrogens (tertiary/aromatic N) is 3. The molecule has 0 aliphatic rings. The summed E-state index contributed by atoms with van der Waals surface area (Å²) in [5.41, 5.74) is 2.39. The van der Waals surface area contributed by atoms with Crippen LogP contribution < -0.4 is 4.40 Å². The van der Waals surface area contributed by atoms with Gasteiger partial charge in [-0.05, 0) is 19.1 Å². The standard InChI is InChI=1S/C8H10N3/c1-7-4-3-5-11-6-9-10(2)8(7)11/h3-6H,1-2H3/q+1. The molecule has 0 bridgehead atoms. The molecule has 0 aromatic carbocycles. The quantitative estimate of drug-likeness (QED) is 0.498. The van der Waals surface area contributed by atoms with E-state index in [2.05, 4.69) is 18.1 Å². The van der Waals surface area contributed by atoms with Crippen LogP contribution in [0.2, 0.25) is 0 Å². The Morgan fingerprint density at radius 3 is 3.09 bits per heavy atom. The van der Waals surface area contributed by atoms with Crippen LogP contribution in [0.15, 0.2) is 24.7 Å². The van der Waals surface area contributed by atoms with E-state index < -0.39 is 0 Å². The van der Waals surface area contributed by atoms with Gasteiger partial charge in [-0.25, -0.2) is 4.40 Å². The Balaban J connectivity index is 2.96. The minimum Gasteiger partial charge on any atom is -0.204 e. The van der Waals surface area contributed by atoms with Crippen molar-refractivity contribution in [3.05, 3.63) is 30.2 Å². The van der Waals surface area contributed by atoms with Crippen LogP contribution >= 0.6 is 0 Å². The van der Waals surface area contributed by atoms with Gasteiger partial charge in [0.25, 0.3) is 12.0 Å². The molecule has 2 rings (SSSR count). The predicted octanol–water partition coefficient (Wildman–Crippen LogP) is 0.467. The predicted molar refractivity (Wildman–Crippen MR) is 41.1 cm³/mol. The van der Waals surface area contributed by atoms with Crippen molar-refractivity contribution in [3.63, 3.8) is 0 Å². The van der Waals surface area contributed by atoms with Gasteiger partial charge in [0.2, 0.25) is 0 Å². The van der Waals surface area contributed by atoms with Gasteiger partial charge in [-0.2, -0.15) is 0 Å². The van der Waals surface area contributed by atoms with Gasteiger partial charge in [-0.1, -0.05) is 0 Å². The van der Waals surface area contributed by atoms with Crippen molar-refractivity contribution in [2.45, 2.75) is 6.92 Å². The minimum absolute atomic E-state index is 1.15. The van der Waals surface area contributed by atoms with Gasteiger partial charge in [-0.3, -0.25) is 0 Å². The van der Waals surface area contributed by atoms with Gasteiger partial charge in [0.05, 0.1) is 13.2 Å². The molecule has 2 aromatic rings. The lowest BCUT2D eigenvalue weighted by molar-refractivity contribution is -0.512. The van der Waals surface area contributed by atoms with Gasteiger partial charge >= 0.3 is 0 Å². The molecule has 0 aliphatic heterocycles. The van der Waals surface area contributed by atoms with Crippen molar-refractivity contribution < 1.29 is 4.40 Å². The number of pyridine rings is 1. The fourth-order valence-corrected chi connectivity index (χ4v) is 1.33. The third kappa shape index (κ3) is 0.808. The molecule has 0 fully saturated rings. The SMILES string of the molecule is Cc1ccc[n+]2cnn(C)c12. The molecule has 0 saturated carbocycles. The largest absolute Gasteiger partial charge is 0.270 e. The van der Waals surface area contributed by atoms with Crippen molar-refractivity contribution in [1.29, 1.82) is 0 Å². The van der Waals surface area contributed by atoms with Crippen molar-refractivity contribution >= 4 is 5.65 Å². The van der Waals surface area contributed by atoms with E-state index in [4.69, 9.17) is 0 Å². The maximum atomic E-state index is 4.14. The normalized spacial score (nSPS) is 10.7. The zero-order valence-electron chi connectivity index (χ0n) is 6.65. The smallest absolute Gasteiger partial charge is 0.204 e. The highest BCUT2D eigenvalue weighted by molar-refractivity contribution is 5.38. The molecule has 0 N–H and O–H groups in total. The van der Waals surface area contributed by atoms with E-state index in [1.807, 2.05) is 34.7 Å². The molecule has 0 radical (unpaired) electrons. The van der Waals surface area contributed by atoms with Crippen LogP contribution in [-0.2, 0) is 7.05 Å². The summed E-state index contributed by atoms with van der Waals surface area (Å²) in [6.45, 7) is 2.08. The summed E-state index contributed by atoms with van der Waals surface area (Å²) in [6.07, 6.45) is 3.80. The molecular formula is C8H10N3+. The minimum atomic E-state index is 1.15. The van der Waals surface area contributed by atoms with Gasteiger partial charge in [0.1, 0.15) is 0 Å². The molecule has 11 heavy (non-hydrogen) atoms. The lowest BCUT2D eigenvalue weighted by atomic mass is 10.3. The fourth-order valence-electron chi connectivity index (χ4n) is 1.33. The fraction of sp³-hybridized carbons (Fsp3) is 0.250. The van der Waals surface area contributed by atoms with E-state index >= 15 is 0 Å². The first-order chi connectivity index (χ1) is 5.29. The molecule has 0 aliphatic carbocycles. The van der Waals surface area contributed by atoms with E-state index in [1.54, 1.807) is 0 Å². The maximum absolute atomic E-state index is 4.14. The molecule has 2 heterocycles. The second kappa shape index (κ2) is 2.05. The van der Waals surface area contributed by atoms with E-state index in [0.717, 1.165) is 5.65 Å². The Kier molecular flexibility index (Phi) is 1.18. The van der Waals surface area contributed by atoms with Gasteiger partial charge in [0.15, 0.2) is 0 Å². The average molecular weight is 148 g/mol. The van der Waals surface area contributed by atoms with E-state index in [-0.39, 0.29) is 0 Å². The van der Waals surface area contributed by atoms with Crippen molar-refractivity contribution in [2.24, 2.45) is 7.05 Å². The van der Waals surface area contributed by atoms with Crippen LogP contribution in [0, 0.1) is 6.92 Å². The van der Waals surface area contributed by atoms with Crippen LogP contribution in [0.4, 0.5) is 0 Å². The highest BCUT2D eigenvalue weighted by Crippen LogP contribution is 2.00. The van der Waals surface area contributed by atoms with Crippen LogP contribution in [0.1, 0.15) is 5.56 Å². The second-order valence-electron chi connectivity index (χ2n) is 2.68. The van der Waals surface area contributed by atoms with Crippen molar-refractivity contribution in [1.82, 2.24) is 9.78 Å². The monoisotopic (exact) mass is 148 g/mol. The van der Waals surface area contributed by atoms with Gasteiger partial charge < -0.3 is 0 Å². The molecule has 0 spiro atoms. The Labute approximate surface area is 64.9 Å².